The van der Waals surface area contributed by atoms with Gasteiger partial charge in [0.15, 0.2) is 17.4 Å². The van der Waals surface area contributed by atoms with Crippen LogP contribution in [0.25, 0.3) is 0 Å². The van der Waals surface area contributed by atoms with Gasteiger partial charge in [0.05, 0.1) is 0 Å². The Morgan fingerprint density at radius 3 is 1.25 bits per heavy atom. The van der Waals surface area contributed by atoms with Gasteiger partial charge in [0, 0.05) is 0 Å². The zero-order valence-corrected chi connectivity index (χ0v) is 2.53. The second-order valence-corrected chi connectivity index (χ2v) is 0. The van der Waals surface area contributed by atoms with E-state index in [2.05, 4.69) is 0 Å². The van der Waals surface area contributed by atoms with Crippen LogP contribution in [0.4, 0.5) is 0 Å². The number of hydrogen-bond acceptors (Lipinski definition) is 1. The van der Waals surface area contributed by atoms with Crippen LogP contribution in [0, 0.1) is 0 Å². The first kappa shape index (κ1) is 18.5. The van der Waals surface area contributed by atoms with Crippen LogP contribution in [0.15, 0.2) is 0 Å². The van der Waals surface area contributed by atoms with E-state index in [1.807, 2.05) is 0 Å². The first-order valence-electron chi connectivity index (χ1n) is 0.289. The molecule has 0 amide bonds. The van der Waals surface area contributed by atoms with Crippen molar-refractivity contribution in [3.05, 3.63) is 0 Å². The molecule has 1 nitrogen and oxygen atoms in total. The maximum atomic E-state index is 8.28. The third-order valence-corrected chi connectivity index (χ3v) is 0. The average Bonchev–Trinajstić information content (AvgIpc) is 1.00. The van der Waals surface area contributed by atoms with Crippen molar-refractivity contribution in [2.75, 3.05) is 0 Å². The lowest BCUT2D eigenvalue weighted by atomic mass is 16.0. The lowest BCUT2D eigenvalue weighted by molar-refractivity contribution is 0.590. The monoisotopic (exact) mass is 102 g/mol. The molecule has 0 saturated carbocycles. The van der Waals surface area contributed by atoms with Gasteiger partial charge in [0.1, 0.15) is 0 Å². The Morgan fingerprint density at radius 2 is 1.25 bits per heavy atom. The van der Waals surface area contributed by atoms with Gasteiger partial charge in [0.25, 0.3) is 0 Å². The maximum Gasteiger partial charge on any atom is 0.316 e. The number of hydrogen-bond donors (Lipinski definition) is 0. The van der Waals surface area contributed by atoms with E-state index < -0.39 is 0 Å². The summed E-state index contributed by atoms with van der Waals surface area (Å²) in [5.41, 5.74) is 0. The first-order chi connectivity index (χ1) is 1.00. The van der Waals surface area contributed by atoms with Gasteiger partial charge in [-0.2, -0.15) is 0 Å². The van der Waals surface area contributed by atoms with Gasteiger partial charge in [-0.3, -0.25) is 0 Å². The fourth-order valence-electron chi connectivity index (χ4n) is 0. The topological polar surface area (TPSA) is 17.1 Å². The summed E-state index contributed by atoms with van der Waals surface area (Å²) in [4.78, 5) is 0. The van der Waals surface area contributed by atoms with Gasteiger partial charge in [-0.05, 0) is 0 Å². The third kappa shape index (κ3) is 10.3. The van der Waals surface area contributed by atoms with Crippen molar-refractivity contribution in [1.29, 1.82) is 0 Å². The van der Waals surface area contributed by atoms with Crippen molar-refractivity contribution >= 4 is 50.5 Å². The second kappa shape index (κ2) is 27.4. The summed E-state index contributed by atoms with van der Waals surface area (Å²) >= 11 is 0. The molecule has 0 radical (unpaired) electrons. The van der Waals surface area contributed by atoms with E-state index in [-0.39, 0.29) is 40.4 Å². The highest BCUT2D eigenvalue weighted by molar-refractivity contribution is 5.85. The Kier molecular flexibility index (Phi) is 127. The van der Waals surface area contributed by atoms with Gasteiger partial charge in [-0.15, -0.1) is 0 Å². The lowest BCUT2D eigenvalue weighted by Crippen LogP contribution is -0.969. The molecule has 0 heterocycles. The predicted molar refractivity (Wildman–Crippen MR) is 27.7 cm³/mol. The molecule has 0 aliphatic heterocycles. The van der Waals surface area contributed by atoms with Crippen LogP contribution in [0.1, 0.15) is 0 Å². The normalized spacial score (nSPS) is 1.00. The highest BCUT2D eigenvalue weighted by Crippen LogP contribution is 0.469. The molecule has 0 aliphatic carbocycles. The molecule has 0 atom stereocenters. The molecular formula is H7AlMgOSi. The fourth-order valence-corrected chi connectivity index (χ4v) is 0. The Bertz CT molecular complexity index is 8.00. The molecule has 0 aromatic carbocycles. The van der Waals surface area contributed by atoms with Crippen LogP contribution in [0.2, 0.25) is 0 Å². The van der Waals surface area contributed by atoms with Crippen LogP contribution < -0.4 is 0 Å². The Morgan fingerprint density at radius 1 is 1.25 bits per heavy atom. The molecule has 0 rings (SSSR count). The second-order valence-electron chi connectivity index (χ2n) is 0. The molecule has 0 spiro atoms. The van der Waals surface area contributed by atoms with Crippen LogP contribution in [-0.4, -0.2) is 50.5 Å². The molecule has 0 bridgehead atoms. The van der Waals surface area contributed by atoms with E-state index in [0.717, 1.165) is 0 Å². The molecule has 22 valence electrons. The summed E-state index contributed by atoms with van der Waals surface area (Å²) < 4.78 is 8.28. The zero-order valence-electron chi connectivity index (χ0n) is 1.12. The van der Waals surface area contributed by atoms with E-state index >= 15 is 0 Å². The van der Waals surface area contributed by atoms with Gasteiger partial charge in [-0.1, -0.05) is 0 Å². The van der Waals surface area contributed by atoms with Gasteiger partial charge in [-0.25, -0.2) is 0 Å². The molecule has 0 unspecified atom stereocenters. The number of rotatable bonds is 0. The smallest absolute Gasteiger partial charge is 0.316 e. The fraction of sp³-hybridized carbons (Fsp3) is 0. The van der Waals surface area contributed by atoms with Crippen molar-refractivity contribution in [2.45, 2.75) is 0 Å². The summed E-state index contributed by atoms with van der Waals surface area (Å²) in [5.74, 6) is 0. The minimum Gasteiger partial charge on any atom is -0.396 e. The summed E-state index contributed by atoms with van der Waals surface area (Å²) in [6, 6.07) is 0. The molecule has 0 aliphatic rings. The van der Waals surface area contributed by atoms with Crippen LogP contribution in [0.3, 0.4) is 0 Å². The van der Waals surface area contributed by atoms with Crippen LogP contribution in [-0.2, 0) is 4.46 Å². The maximum absolute atomic E-state index is 8.28. The van der Waals surface area contributed by atoms with Crippen molar-refractivity contribution in [3.63, 3.8) is 0 Å². The molecule has 0 fully saturated rings. The molecule has 4 heavy (non-hydrogen) atoms. The molecule has 0 aromatic rings. The van der Waals surface area contributed by atoms with Crippen molar-refractivity contribution in [1.82, 2.24) is 0 Å². The third-order valence-electron chi connectivity index (χ3n) is 0. The highest BCUT2D eigenvalue weighted by atomic mass is 28.1. The zero-order chi connectivity index (χ0) is 2.00. The largest absolute Gasteiger partial charge is 0.396 e. The summed E-state index contributed by atoms with van der Waals surface area (Å²) in [6.07, 6.45) is 0. The van der Waals surface area contributed by atoms with Crippen molar-refractivity contribution in [2.24, 2.45) is 0 Å². The van der Waals surface area contributed by atoms with Gasteiger partial charge < -0.3 is 4.46 Å². The van der Waals surface area contributed by atoms with E-state index in [0.29, 0.717) is 10.1 Å². The van der Waals surface area contributed by atoms with Gasteiger partial charge in [0.2, 0.25) is 10.1 Å². The molecule has 0 N–H and O–H groups in total. The van der Waals surface area contributed by atoms with E-state index in [4.69, 9.17) is 4.46 Å². The average molecular weight is 102 g/mol. The lowest BCUT2D eigenvalue weighted by Gasteiger charge is -0.852. The Labute approximate surface area is 54.9 Å². The van der Waals surface area contributed by atoms with Crippen LogP contribution in [0.5, 0.6) is 0 Å². The summed E-state index contributed by atoms with van der Waals surface area (Å²) in [6.45, 7) is 0. The van der Waals surface area contributed by atoms with Crippen LogP contribution >= 0.6 is 0 Å². The standard InChI is InChI=1S/Al.Mg.H2OSi.5H/c;;1-2;;;;;/h;;2H2;;;;;. The van der Waals surface area contributed by atoms with Crippen molar-refractivity contribution < 1.29 is 4.46 Å². The quantitative estimate of drug-likeness (QED) is 0.296. The van der Waals surface area contributed by atoms with Gasteiger partial charge >= 0.3 is 23.1 Å². The molecule has 4 heteroatoms. The minimum absolute atomic E-state index is 0. The summed E-state index contributed by atoms with van der Waals surface area (Å²) in [7, 11) is 0.611. The SMILES string of the molecule is O=[SiH2].[AlH3].[MgH2]. The predicted octanol–water partition coefficient (Wildman–Crippen LogP) is -3.14. The van der Waals surface area contributed by atoms with E-state index in [1.165, 1.54) is 0 Å². The first-order valence-corrected chi connectivity index (χ1v) is 0.866. The summed E-state index contributed by atoms with van der Waals surface area (Å²) in [5, 5.41) is 0. The van der Waals surface area contributed by atoms with Crippen molar-refractivity contribution in [3.8, 4) is 0 Å². The van der Waals surface area contributed by atoms with E-state index in [9.17, 15) is 0 Å². The molecule has 0 aromatic heterocycles. The Balaban J connectivity index is -0.00000000500. The Hall–Kier alpha value is 1.32. The van der Waals surface area contributed by atoms with E-state index in [1.54, 1.807) is 0 Å². The molecule has 0 saturated heterocycles. The molecular weight excluding hydrogens is 95.4 g/mol. The minimum atomic E-state index is 0. The highest BCUT2D eigenvalue weighted by Gasteiger charge is 0.701.